The summed E-state index contributed by atoms with van der Waals surface area (Å²) < 4.78 is 10.5. The van der Waals surface area contributed by atoms with Crippen LogP contribution in [0, 0.1) is 11.8 Å². The molecule has 4 rings (SSSR count). The molecule has 6 heteroatoms. The molecular weight excluding hydrogens is 442 g/mol. The van der Waals surface area contributed by atoms with E-state index in [-0.39, 0.29) is 18.3 Å². The number of Topliss-reactive ketones (excluding diaryl/α,β-unsaturated/α-hetero) is 1. The zero-order valence-electron chi connectivity index (χ0n) is 20.6. The van der Waals surface area contributed by atoms with Gasteiger partial charge in [0.2, 0.25) is 0 Å². The Morgan fingerprint density at radius 1 is 1.03 bits per heavy atom. The molecule has 0 bridgehead atoms. The van der Waals surface area contributed by atoms with Crippen molar-refractivity contribution in [2.45, 2.75) is 39.5 Å². The van der Waals surface area contributed by atoms with Gasteiger partial charge in [-0.15, -0.1) is 0 Å². The topological polar surface area (TPSA) is 81.7 Å². The Morgan fingerprint density at radius 3 is 2.31 bits per heavy atom. The molecule has 1 heterocycles. The van der Waals surface area contributed by atoms with E-state index in [9.17, 15) is 14.4 Å². The number of ether oxygens (including phenoxy) is 2. The maximum atomic E-state index is 13.8. The fraction of sp³-hybridized carbons (Fsp3) is 0.345. The normalized spacial score (nSPS) is 21.8. The van der Waals surface area contributed by atoms with Gasteiger partial charge in [-0.05, 0) is 42.4 Å². The predicted octanol–water partition coefficient (Wildman–Crippen LogP) is 4.92. The van der Waals surface area contributed by atoms with E-state index in [1.165, 1.54) is 7.11 Å². The lowest BCUT2D eigenvalue weighted by Gasteiger charge is -2.38. The molecule has 2 aliphatic rings. The lowest BCUT2D eigenvalue weighted by Crippen LogP contribution is -2.43. The van der Waals surface area contributed by atoms with Gasteiger partial charge < -0.3 is 14.8 Å². The Morgan fingerprint density at radius 2 is 1.69 bits per heavy atom. The van der Waals surface area contributed by atoms with Crippen LogP contribution < -0.4 is 5.32 Å². The summed E-state index contributed by atoms with van der Waals surface area (Å²) in [6.45, 7) is 5.93. The molecule has 35 heavy (non-hydrogen) atoms. The average molecular weight is 474 g/mol. The van der Waals surface area contributed by atoms with Gasteiger partial charge in [0.15, 0.2) is 5.78 Å². The van der Waals surface area contributed by atoms with E-state index in [2.05, 4.69) is 5.32 Å². The first kappa shape index (κ1) is 24.5. The third-order valence-corrected chi connectivity index (χ3v) is 6.75. The number of carbonyl (C=O) groups is 3. The fourth-order valence-corrected chi connectivity index (χ4v) is 5.06. The van der Waals surface area contributed by atoms with Crippen molar-refractivity contribution in [3.05, 3.63) is 82.7 Å². The molecule has 1 aliphatic carbocycles. The van der Waals surface area contributed by atoms with Gasteiger partial charge in [0, 0.05) is 22.9 Å². The highest BCUT2D eigenvalue weighted by molar-refractivity contribution is 6.12. The summed E-state index contributed by atoms with van der Waals surface area (Å²) in [5, 5.41) is 3.29. The van der Waals surface area contributed by atoms with Gasteiger partial charge in [-0.2, -0.15) is 0 Å². The van der Waals surface area contributed by atoms with Crippen molar-refractivity contribution >= 4 is 17.7 Å². The largest absolute Gasteiger partial charge is 0.468 e. The molecule has 1 aliphatic heterocycles. The van der Waals surface area contributed by atoms with Crippen LogP contribution in [-0.2, 0) is 23.9 Å². The first-order valence-electron chi connectivity index (χ1n) is 12.0. The van der Waals surface area contributed by atoms with Gasteiger partial charge in [0.1, 0.15) is 5.92 Å². The smallest absolute Gasteiger partial charge is 0.336 e. The number of ketones is 1. The van der Waals surface area contributed by atoms with Crippen molar-refractivity contribution in [2.24, 2.45) is 11.8 Å². The van der Waals surface area contributed by atoms with Crippen molar-refractivity contribution in [3.63, 3.8) is 0 Å². The minimum absolute atomic E-state index is 0.219. The third-order valence-electron chi connectivity index (χ3n) is 6.75. The molecule has 0 spiro atoms. The fourth-order valence-electron chi connectivity index (χ4n) is 5.06. The number of carbonyl (C=O) groups excluding carboxylic acids is 3. The second-order valence-corrected chi connectivity index (χ2v) is 9.16. The van der Waals surface area contributed by atoms with Crippen LogP contribution in [0.3, 0.4) is 0 Å². The van der Waals surface area contributed by atoms with Gasteiger partial charge >= 0.3 is 11.9 Å². The highest BCUT2D eigenvalue weighted by atomic mass is 16.5. The minimum atomic E-state index is -0.905. The van der Waals surface area contributed by atoms with E-state index in [1.54, 1.807) is 0 Å². The van der Waals surface area contributed by atoms with Crippen LogP contribution in [0.15, 0.2) is 77.1 Å². The van der Waals surface area contributed by atoms with Gasteiger partial charge in [0.05, 0.1) is 19.3 Å². The van der Waals surface area contributed by atoms with Crippen LogP contribution in [0.25, 0.3) is 11.1 Å². The van der Waals surface area contributed by atoms with E-state index >= 15 is 0 Å². The van der Waals surface area contributed by atoms with E-state index in [4.69, 9.17) is 9.47 Å². The van der Waals surface area contributed by atoms with Crippen molar-refractivity contribution in [1.29, 1.82) is 0 Å². The molecule has 2 aromatic rings. The van der Waals surface area contributed by atoms with Crippen molar-refractivity contribution in [1.82, 2.24) is 5.32 Å². The van der Waals surface area contributed by atoms with E-state index < -0.39 is 23.8 Å². The molecule has 2 aromatic carbocycles. The summed E-state index contributed by atoms with van der Waals surface area (Å²) in [4.78, 5) is 39.5. The SMILES string of the molecule is CCCOC(=O)C1=C(C)NC2=C(C(=O)[C@H](C(=O)OC)[C@H](C)C2)[C@H]1c1ccc(-c2ccccc2)cc1. The predicted molar refractivity (Wildman–Crippen MR) is 133 cm³/mol. The average Bonchev–Trinajstić information content (AvgIpc) is 2.86. The first-order chi connectivity index (χ1) is 16.9. The van der Waals surface area contributed by atoms with Crippen molar-refractivity contribution in [2.75, 3.05) is 13.7 Å². The van der Waals surface area contributed by atoms with Gasteiger partial charge in [-0.3, -0.25) is 9.59 Å². The molecule has 1 N–H and O–H groups in total. The molecule has 0 saturated heterocycles. The maximum Gasteiger partial charge on any atom is 0.336 e. The summed E-state index contributed by atoms with van der Waals surface area (Å²) in [6.07, 6.45) is 1.20. The number of dihydropyridines is 1. The number of nitrogens with one attached hydrogen (secondary N) is 1. The number of hydrogen-bond acceptors (Lipinski definition) is 6. The molecule has 0 fully saturated rings. The first-order valence-corrected chi connectivity index (χ1v) is 12.0. The van der Waals surface area contributed by atoms with Crippen LogP contribution in [-0.4, -0.2) is 31.4 Å². The lowest BCUT2D eigenvalue weighted by molar-refractivity contribution is -0.151. The minimum Gasteiger partial charge on any atom is -0.468 e. The molecule has 0 amide bonds. The Labute approximate surface area is 206 Å². The molecule has 0 radical (unpaired) electrons. The Bertz CT molecular complexity index is 1190. The summed E-state index contributed by atoms with van der Waals surface area (Å²) in [7, 11) is 1.29. The zero-order chi connectivity index (χ0) is 25.1. The van der Waals surface area contributed by atoms with Crippen LogP contribution in [0.4, 0.5) is 0 Å². The van der Waals surface area contributed by atoms with Gasteiger partial charge in [-0.1, -0.05) is 68.4 Å². The Hall–Kier alpha value is -3.67. The summed E-state index contributed by atoms with van der Waals surface area (Å²) in [5.41, 5.74) is 5.17. The summed E-state index contributed by atoms with van der Waals surface area (Å²) >= 11 is 0. The zero-order valence-corrected chi connectivity index (χ0v) is 20.6. The van der Waals surface area contributed by atoms with E-state index in [0.717, 1.165) is 22.4 Å². The molecule has 182 valence electrons. The van der Waals surface area contributed by atoms with E-state index in [0.29, 0.717) is 29.7 Å². The summed E-state index contributed by atoms with van der Waals surface area (Å²) in [5.74, 6) is -3.06. The Balaban J connectivity index is 1.82. The van der Waals surface area contributed by atoms with Crippen LogP contribution in [0.1, 0.15) is 45.1 Å². The number of methoxy groups -OCH3 is 1. The van der Waals surface area contributed by atoms with E-state index in [1.807, 2.05) is 75.4 Å². The van der Waals surface area contributed by atoms with Crippen molar-refractivity contribution in [3.8, 4) is 11.1 Å². The monoisotopic (exact) mass is 473 g/mol. The molecule has 0 saturated carbocycles. The summed E-state index contributed by atoms with van der Waals surface area (Å²) in [6, 6.07) is 17.9. The molecule has 3 atom stereocenters. The van der Waals surface area contributed by atoms with Crippen LogP contribution in [0.5, 0.6) is 0 Å². The molecule has 0 unspecified atom stereocenters. The standard InChI is InChI=1S/C29H31NO5/c1-5-15-35-29(33)24-18(3)30-22-16-17(2)23(28(32)34-4)27(31)26(22)25(24)21-13-11-20(12-14-21)19-9-7-6-8-10-19/h6-14,17,23,25,30H,5,15-16H2,1-4H3/t17-,23-,25+/m1/s1. The number of esters is 2. The number of rotatable bonds is 6. The molecule has 6 nitrogen and oxygen atoms in total. The maximum absolute atomic E-state index is 13.8. The quantitative estimate of drug-likeness (QED) is 0.474. The second-order valence-electron chi connectivity index (χ2n) is 9.16. The second kappa shape index (κ2) is 10.3. The number of allylic oxidation sites excluding steroid dienone is 3. The molecular formula is C29H31NO5. The lowest BCUT2D eigenvalue weighted by atomic mass is 9.69. The van der Waals surface area contributed by atoms with Gasteiger partial charge in [-0.25, -0.2) is 4.79 Å². The highest BCUT2D eigenvalue weighted by Gasteiger charge is 2.47. The molecule has 0 aromatic heterocycles. The van der Waals surface area contributed by atoms with Gasteiger partial charge in [0.25, 0.3) is 0 Å². The van der Waals surface area contributed by atoms with Crippen LogP contribution in [0.2, 0.25) is 0 Å². The third kappa shape index (κ3) is 4.65. The Kier molecular flexibility index (Phi) is 7.20. The number of hydrogen-bond donors (Lipinski definition) is 1. The highest BCUT2D eigenvalue weighted by Crippen LogP contribution is 2.45. The van der Waals surface area contributed by atoms with Crippen molar-refractivity contribution < 1.29 is 23.9 Å². The number of benzene rings is 2. The van der Waals surface area contributed by atoms with Crippen LogP contribution >= 0.6 is 0 Å².